The van der Waals surface area contributed by atoms with Crippen molar-refractivity contribution in [2.24, 2.45) is 11.8 Å². The van der Waals surface area contributed by atoms with Gasteiger partial charge in [-0.25, -0.2) is 0 Å². The fourth-order valence-corrected chi connectivity index (χ4v) is 5.01. The maximum Gasteiger partial charge on any atom is 0.0233 e. The molecule has 1 aliphatic carbocycles. The van der Waals surface area contributed by atoms with E-state index in [9.17, 15) is 0 Å². The van der Waals surface area contributed by atoms with Crippen LogP contribution in [0.4, 0.5) is 0 Å². The van der Waals surface area contributed by atoms with Gasteiger partial charge in [0.25, 0.3) is 0 Å². The molecule has 126 valence electrons. The molecule has 2 fully saturated rings. The zero-order valence-corrected chi connectivity index (χ0v) is 17.0. The Labute approximate surface area is 159 Å². The van der Waals surface area contributed by atoms with Crippen molar-refractivity contribution in [1.82, 2.24) is 4.90 Å². The third-order valence-electron chi connectivity index (χ3n) is 5.69. The van der Waals surface area contributed by atoms with Crippen molar-refractivity contribution in [2.45, 2.75) is 38.6 Å². The van der Waals surface area contributed by atoms with E-state index in [1.165, 1.54) is 27.8 Å². The van der Waals surface area contributed by atoms with Gasteiger partial charge in [-0.15, -0.1) is 0 Å². The predicted molar refractivity (Wildman–Crippen MR) is 109 cm³/mol. The van der Waals surface area contributed by atoms with Crippen LogP contribution in [-0.4, -0.2) is 18.0 Å². The number of fused-ring (bicyclic) bond motifs is 1. The normalized spacial score (nSPS) is 26.4. The Bertz CT molecular complexity index is 719. The van der Waals surface area contributed by atoms with Crippen LogP contribution >= 0.6 is 22.6 Å². The Morgan fingerprint density at radius 3 is 2.29 bits per heavy atom. The monoisotopic (exact) mass is 431 g/mol. The van der Waals surface area contributed by atoms with Crippen molar-refractivity contribution < 1.29 is 0 Å². The van der Waals surface area contributed by atoms with Gasteiger partial charge in [0.2, 0.25) is 0 Å². The molecule has 0 amide bonds. The number of halogens is 1. The first-order valence-corrected chi connectivity index (χ1v) is 10.1. The smallest absolute Gasteiger partial charge is 0.0233 e. The molecular weight excluding hydrogens is 405 g/mol. The van der Waals surface area contributed by atoms with Gasteiger partial charge in [0.05, 0.1) is 0 Å². The molecule has 3 atom stereocenters. The van der Waals surface area contributed by atoms with Crippen molar-refractivity contribution in [1.29, 1.82) is 0 Å². The number of benzene rings is 2. The van der Waals surface area contributed by atoms with Gasteiger partial charge in [-0.2, -0.15) is 0 Å². The van der Waals surface area contributed by atoms with Gasteiger partial charge in [-0.3, -0.25) is 4.90 Å². The molecule has 2 aliphatic rings. The number of rotatable bonds is 3. The molecule has 0 N–H and O–H groups in total. The minimum Gasteiger partial charge on any atom is -0.298 e. The number of hydrogen-bond donors (Lipinski definition) is 0. The molecule has 0 aromatic heterocycles. The molecule has 1 heterocycles. The van der Waals surface area contributed by atoms with Gasteiger partial charge in [0, 0.05) is 23.2 Å². The fraction of sp³-hybridized carbons (Fsp3) is 0.455. The lowest BCUT2D eigenvalue weighted by Crippen LogP contribution is -2.23. The Balaban J connectivity index is 1.44. The first-order valence-electron chi connectivity index (χ1n) is 8.99. The molecule has 1 saturated carbocycles. The maximum atomic E-state index is 2.64. The SMILES string of the molecule is CC(C)(C)c1cc(I)cc([C@@H]2[C@@H]3CN(Cc4ccccc4)C[C@@H]32)c1. The summed E-state index contributed by atoms with van der Waals surface area (Å²) in [7, 11) is 0. The van der Waals surface area contributed by atoms with E-state index in [0.29, 0.717) is 0 Å². The zero-order valence-electron chi connectivity index (χ0n) is 14.8. The van der Waals surface area contributed by atoms with E-state index < -0.39 is 0 Å². The van der Waals surface area contributed by atoms with Crippen LogP contribution in [0.25, 0.3) is 0 Å². The Morgan fingerprint density at radius 2 is 1.67 bits per heavy atom. The van der Waals surface area contributed by atoms with E-state index in [0.717, 1.165) is 24.3 Å². The lowest BCUT2D eigenvalue weighted by molar-refractivity contribution is 0.290. The Morgan fingerprint density at radius 1 is 1.00 bits per heavy atom. The molecule has 1 saturated heterocycles. The van der Waals surface area contributed by atoms with Crippen LogP contribution in [0.2, 0.25) is 0 Å². The summed E-state index contributed by atoms with van der Waals surface area (Å²) < 4.78 is 1.39. The van der Waals surface area contributed by atoms with Gasteiger partial charge < -0.3 is 0 Å². The lowest BCUT2D eigenvalue weighted by Gasteiger charge is -2.22. The van der Waals surface area contributed by atoms with E-state index in [1.54, 1.807) is 5.56 Å². The summed E-state index contributed by atoms with van der Waals surface area (Å²) in [6.45, 7) is 10.6. The summed E-state index contributed by atoms with van der Waals surface area (Å²) in [5.74, 6) is 2.55. The zero-order chi connectivity index (χ0) is 16.9. The van der Waals surface area contributed by atoms with Crippen LogP contribution in [-0.2, 0) is 12.0 Å². The minimum absolute atomic E-state index is 0.235. The number of nitrogens with zero attached hydrogens (tertiary/aromatic N) is 1. The first-order chi connectivity index (χ1) is 11.4. The Hall–Kier alpha value is -0.870. The van der Waals surface area contributed by atoms with E-state index in [4.69, 9.17) is 0 Å². The summed E-state index contributed by atoms with van der Waals surface area (Å²) in [5.41, 5.74) is 4.75. The molecule has 0 spiro atoms. The van der Waals surface area contributed by atoms with Crippen molar-refractivity contribution in [3.05, 3.63) is 68.8 Å². The van der Waals surface area contributed by atoms with Crippen LogP contribution in [0.1, 0.15) is 43.4 Å². The maximum absolute atomic E-state index is 2.64. The third kappa shape index (κ3) is 3.28. The molecule has 0 unspecified atom stereocenters. The molecule has 2 aromatic rings. The van der Waals surface area contributed by atoms with E-state index >= 15 is 0 Å². The van der Waals surface area contributed by atoms with Crippen LogP contribution in [0.3, 0.4) is 0 Å². The second-order valence-corrected chi connectivity index (χ2v) is 9.80. The van der Waals surface area contributed by atoms with Gasteiger partial charge >= 0.3 is 0 Å². The predicted octanol–water partition coefficient (Wildman–Crippen LogP) is 5.43. The molecule has 2 heteroatoms. The summed E-state index contributed by atoms with van der Waals surface area (Å²) >= 11 is 2.49. The number of likely N-dealkylation sites (tertiary alicyclic amines) is 1. The van der Waals surface area contributed by atoms with Crippen LogP contribution < -0.4 is 0 Å². The van der Waals surface area contributed by atoms with Gasteiger partial charge in [0.1, 0.15) is 0 Å². The molecule has 4 rings (SSSR count). The van der Waals surface area contributed by atoms with Crippen LogP contribution in [0.15, 0.2) is 48.5 Å². The average Bonchev–Trinajstić information content (AvgIpc) is 3.03. The summed E-state index contributed by atoms with van der Waals surface area (Å²) in [6, 6.07) is 18.1. The van der Waals surface area contributed by atoms with Gasteiger partial charge in [0.15, 0.2) is 0 Å². The highest BCUT2D eigenvalue weighted by molar-refractivity contribution is 14.1. The average molecular weight is 431 g/mol. The van der Waals surface area contributed by atoms with Crippen LogP contribution in [0, 0.1) is 15.4 Å². The molecule has 1 nitrogen and oxygen atoms in total. The third-order valence-corrected chi connectivity index (χ3v) is 6.31. The number of piperidine rings is 1. The van der Waals surface area contributed by atoms with Crippen LogP contribution in [0.5, 0.6) is 0 Å². The van der Waals surface area contributed by atoms with E-state index in [2.05, 4.69) is 96.8 Å². The summed E-state index contributed by atoms with van der Waals surface area (Å²) in [5, 5.41) is 0. The highest BCUT2D eigenvalue weighted by atomic mass is 127. The second-order valence-electron chi connectivity index (χ2n) is 8.56. The number of hydrogen-bond acceptors (Lipinski definition) is 1. The van der Waals surface area contributed by atoms with Gasteiger partial charge in [-0.1, -0.05) is 57.2 Å². The molecular formula is C22H26IN. The second kappa shape index (κ2) is 6.14. The molecule has 1 aliphatic heterocycles. The lowest BCUT2D eigenvalue weighted by atomic mass is 9.85. The standard InChI is InChI=1S/C22H26IN/c1-22(2,3)17-9-16(10-18(23)11-17)21-19-13-24(14-20(19)21)12-15-7-5-4-6-8-15/h4-11,19-21H,12-14H2,1-3H3/t19-,20+,21-. The minimum atomic E-state index is 0.235. The van der Waals surface area contributed by atoms with Crippen molar-refractivity contribution >= 4 is 22.6 Å². The quantitative estimate of drug-likeness (QED) is 0.586. The molecule has 2 aromatic carbocycles. The van der Waals surface area contributed by atoms with E-state index in [-0.39, 0.29) is 5.41 Å². The van der Waals surface area contributed by atoms with Crippen molar-refractivity contribution in [2.75, 3.05) is 13.1 Å². The summed E-state index contributed by atoms with van der Waals surface area (Å²) in [6.07, 6.45) is 0. The van der Waals surface area contributed by atoms with Crippen molar-refractivity contribution in [3.63, 3.8) is 0 Å². The highest BCUT2D eigenvalue weighted by Crippen LogP contribution is 2.58. The molecule has 0 bridgehead atoms. The molecule has 0 radical (unpaired) electrons. The first kappa shape index (κ1) is 16.6. The summed E-state index contributed by atoms with van der Waals surface area (Å²) in [4.78, 5) is 2.64. The Kier molecular flexibility index (Phi) is 4.24. The largest absolute Gasteiger partial charge is 0.298 e. The van der Waals surface area contributed by atoms with Crippen molar-refractivity contribution in [3.8, 4) is 0 Å². The molecule has 24 heavy (non-hydrogen) atoms. The highest BCUT2D eigenvalue weighted by Gasteiger charge is 2.56. The van der Waals surface area contributed by atoms with Gasteiger partial charge in [-0.05, 0) is 74.6 Å². The fourth-order valence-electron chi connectivity index (χ4n) is 4.32. The van der Waals surface area contributed by atoms with E-state index in [1.807, 2.05) is 0 Å². The topological polar surface area (TPSA) is 3.24 Å².